The lowest BCUT2D eigenvalue weighted by molar-refractivity contribution is 0.0650. The number of benzene rings is 2. The van der Waals surface area contributed by atoms with Crippen LogP contribution in [0.25, 0.3) is 11.1 Å². The molecule has 1 heterocycles. The SMILES string of the molecule is CC1(O)CCN(C2c3ccccc3-c3ccccc32)C1. The van der Waals surface area contributed by atoms with Crippen LogP contribution in [0.2, 0.25) is 0 Å². The quantitative estimate of drug-likeness (QED) is 0.856. The molecule has 102 valence electrons. The van der Waals surface area contributed by atoms with Gasteiger partial charge < -0.3 is 5.11 Å². The third kappa shape index (κ3) is 1.72. The molecule has 1 aliphatic carbocycles. The zero-order chi connectivity index (χ0) is 13.7. The molecule has 4 rings (SSSR count). The van der Waals surface area contributed by atoms with Crippen molar-refractivity contribution in [2.24, 2.45) is 0 Å². The highest BCUT2D eigenvalue weighted by molar-refractivity contribution is 5.78. The first kappa shape index (κ1) is 12.1. The number of rotatable bonds is 1. The van der Waals surface area contributed by atoms with Gasteiger partial charge in [-0.05, 0) is 35.6 Å². The lowest BCUT2D eigenvalue weighted by atomic mass is 10.0. The van der Waals surface area contributed by atoms with Gasteiger partial charge in [0, 0.05) is 13.1 Å². The van der Waals surface area contributed by atoms with Crippen LogP contribution >= 0.6 is 0 Å². The summed E-state index contributed by atoms with van der Waals surface area (Å²) in [7, 11) is 0. The predicted molar refractivity (Wildman–Crippen MR) is 80.5 cm³/mol. The maximum absolute atomic E-state index is 10.3. The zero-order valence-corrected chi connectivity index (χ0v) is 11.7. The molecule has 1 unspecified atom stereocenters. The van der Waals surface area contributed by atoms with Crippen LogP contribution in [-0.2, 0) is 0 Å². The van der Waals surface area contributed by atoms with Crippen LogP contribution < -0.4 is 0 Å². The standard InChI is InChI=1S/C18H19NO/c1-18(20)10-11-19(12-18)17-15-8-4-2-6-13(15)14-7-3-5-9-16(14)17/h2-9,17,20H,10-12H2,1H3. The molecular weight excluding hydrogens is 246 g/mol. The highest BCUT2D eigenvalue weighted by atomic mass is 16.3. The fourth-order valence-corrected chi connectivity index (χ4v) is 3.72. The van der Waals surface area contributed by atoms with Gasteiger partial charge in [-0.2, -0.15) is 0 Å². The Labute approximate surface area is 119 Å². The Morgan fingerprint density at radius 2 is 1.55 bits per heavy atom. The van der Waals surface area contributed by atoms with E-state index in [1.165, 1.54) is 22.3 Å². The number of fused-ring (bicyclic) bond motifs is 3. The Morgan fingerprint density at radius 3 is 2.05 bits per heavy atom. The topological polar surface area (TPSA) is 23.5 Å². The van der Waals surface area contributed by atoms with Crippen molar-refractivity contribution in [3.8, 4) is 11.1 Å². The molecule has 2 aliphatic rings. The van der Waals surface area contributed by atoms with Crippen molar-refractivity contribution in [1.82, 2.24) is 4.90 Å². The van der Waals surface area contributed by atoms with Gasteiger partial charge in [-0.25, -0.2) is 0 Å². The number of hydrogen-bond donors (Lipinski definition) is 1. The Morgan fingerprint density at radius 1 is 1.00 bits per heavy atom. The van der Waals surface area contributed by atoms with Crippen molar-refractivity contribution < 1.29 is 5.11 Å². The maximum atomic E-state index is 10.3. The summed E-state index contributed by atoms with van der Waals surface area (Å²) >= 11 is 0. The van der Waals surface area contributed by atoms with E-state index < -0.39 is 5.60 Å². The van der Waals surface area contributed by atoms with Gasteiger partial charge >= 0.3 is 0 Å². The minimum Gasteiger partial charge on any atom is -0.389 e. The minimum absolute atomic E-state index is 0.302. The van der Waals surface area contributed by atoms with Gasteiger partial charge in [0.2, 0.25) is 0 Å². The predicted octanol–water partition coefficient (Wildman–Crippen LogP) is 3.21. The highest BCUT2D eigenvalue weighted by Crippen LogP contribution is 2.47. The summed E-state index contributed by atoms with van der Waals surface area (Å²) in [5, 5.41) is 10.3. The van der Waals surface area contributed by atoms with Crippen molar-refractivity contribution in [3.63, 3.8) is 0 Å². The monoisotopic (exact) mass is 265 g/mol. The number of likely N-dealkylation sites (tertiary alicyclic amines) is 1. The zero-order valence-electron chi connectivity index (χ0n) is 11.7. The van der Waals surface area contributed by atoms with E-state index >= 15 is 0 Å². The van der Waals surface area contributed by atoms with Crippen molar-refractivity contribution in [2.75, 3.05) is 13.1 Å². The highest BCUT2D eigenvalue weighted by Gasteiger charge is 2.39. The summed E-state index contributed by atoms with van der Waals surface area (Å²) < 4.78 is 0. The van der Waals surface area contributed by atoms with E-state index in [-0.39, 0.29) is 0 Å². The first-order valence-corrected chi connectivity index (χ1v) is 7.30. The molecule has 1 fully saturated rings. The molecule has 1 atom stereocenters. The Hall–Kier alpha value is -1.64. The van der Waals surface area contributed by atoms with Crippen LogP contribution in [0.5, 0.6) is 0 Å². The fourth-order valence-electron chi connectivity index (χ4n) is 3.72. The lowest BCUT2D eigenvalue weighted by Gasteiger charge is -2.27. The van der Waals surface area contributed by atoms with Crippen molar-refractivity contribution in [2.45, 2.75) is 25.0 Å². The van der Waals surface area contributed by atoms with Gasteiger partial charge in [0.1, 0.15) is 0 Å². The summed E-state index contributed by atoms with van der Waals surface area (Å²) in [6, 6.07) is 17.6. The van der Waals surface area contributed by atoms with E-state index in [1.54, 1.807) is 0 Å². The number of nitrogens with zero attached hydrogens (tertiary/aromatic N) is 1. The van der Waals surface area contributed by atoms with E-state index in [0.29, 0.717) is 6.04 Å². The Balaban J connectivity index is 1.84. The van der Waals surface area contributed by atoms with Gasteiger partial charge in [0.05, 0.1) is 11.6 Å². The number of β-amino-alcohol motifs (C(OH)–C–C–N with tert-alkyl or cyclic N) is 1. The van der Waals surface area contributed by atoms with Crippen molar-refractivity contribution in [1.29, 1.82) is 0 Å². The number of hydrogen-bond acceptors (Lipinski definition) is 2. The Bertz CT molecular complexity index is 616. The summed E-state index contributed by atoms with van der Waals surface area (Å²) in [6.45, 7) is 3.65. The van der Waals surface area contributed by atoms with E-state index in [0.717, 1.165) is 19.5 Å². The average Bonchev–Trinajstić information content (AvgIpc) is 2.96. The first-order chi connectivity index (χ1) is 9.66. The third-order valence-corrected chi connectivity index (χ3v) is 4.65. The molecule has 0 aromatic heterocycles. The van der Waals surface area contributed by atoms with Crippen molar-refractivity contribution >= 4 is 0 Å². The third-order valence-electron chi connectivity index (χ3n) is 4.65. The summed E-state index contributed by atoms with van der Waals surface area (Å²) in [5.74, 6) is 0. The molecule has 0 amide bonds. The summed E-state index contributed by atoms with van der Waals surface area (Å²) in [6.07, 6.45) is 0.855. The summed E-state index contributed by atoms with van der Waals surface area (Å²) in [5.41, 5.74) is 4.91. The molecule has 1 saturated heterocycles. The first-order valence-electron chi connectivity index (χ1n) is 7.30. The molecule has 0 bridgehead atoms. The van der Waals surface area contributed by atoms with Crippen LogP contribution in [0.3, 0.4) is 0 Å². The molecule has 1 N–H and O–H groups in total. The molecule has 20 heavy (non-hydrogen) atoms. The summed E-state index contributed by atoms with van der Waals surface area (Å²) in [4.78, 5) is 2.42. The van der Waals surface area contributed by atoms with E-state index in [1.807, 2.05) is 6.92 Å². The smallest absolute Gasteiger partial charge is 0.0758 e. The van der Waals surface area contributed by atoms with Gasteiger partial charge in [0.25, 0.3) is 0 Å². The molecule has 1 aliphatic heterocycles. The van der Waals surface area contributed by atoms with Gasteiger partial charge in [-0.3, -0.25) is 4.90 Å². The molecule has 0 radical (unpaired) electrons. The average molecular weight is 265 g/mol. The second-order valence-corrected chi connectivity index (χ2v) is 6.29. The van der Waals surface area contributed by atoms with Crippen LogP contribution in [-0.4, -0.2) is 28.7 Å². The van der Waals surface area contributed by atoms with Crippen LogP contribution in [0.1, 0.15) is 30.5 Å². The number of aliphatic hydroxyl groups is 1. The van der Waals surface area contributed by atoms with Gasteiger partial charge in [-0.1, -0.05) is 48.5 Å². The normalized spacial score (nSPS) is 25.7. The molecule has 0 saturated carbocycles. The van der Waals surface area contributed by atoms with Crippen molar-refractivity contribution in [3.05, 3.63) is 59.7 Å². The van der Waals surface area contributed by atoms with Gasteiger partial charge in [-0.15, -0.1) is 0 Å². The minimum atomic E-state index is -0.549. The van der Waals surface area contributed by atoms with E-state index in [9.17, 15) is 5.11 Å². The van der Waals surface area contributed by atoms with Gasteiger partial charge in [0.15, 0.2) is 0 Å². The maximum Gasteiger partial charge on any atom is 0.0758 e. The molecule has 2 nitrogen and oxygen atoms in total. The van der Waals surface area contributed by atoms with Crippen LogP contribution in [0.15, 0.2) is 48.5 Å². The Kier molecular flexibility index (Phi) is 2.53. The second kappa shape index (κ2) is 4.18. The fraction of sp³-hybridized carbons (Fsp3) is 0.333. The molecule has 0 spiro atoms. The lowest BCUT2D eigenvalue weighted by Crippen LogP contribution is -2.32. The van der Waals surface area contributed by atoms with Crippen LogP contribution in [0, 0.1) is 0 Å². The molecule has 2 aromatic carbocycles. The molecule has 2 aromatic rings. The van der Waals surface area contributed by atoms with Crippen LogP contribution in [0.4, 0.5) is 0 Å². The second-order valence-electron chi connectivity index (χ2n) is 6.29. The largest absolute Gasteiger partial charge is 0.389 e. The molecular formula is C18H19NO. The van der Waals surface area contributed by atoms with E-state index in [4.69, 9.17) is 0 Å². The molecule has 2 heteroatoms. The van der Waals surface area contributed by atoms with E-state index in [2.05, 4.69) is 53.4 Å².